The van der Waals surface area contributed by atoms with Gasteiger partial charge in [-0.3, -0.25) is 4.79 Å². The maximum Gasteiger partial charge on any atom is 0.368 e. The highest BCUT2D eigenvalue weighted by Crippen LogP contribution is 2.05. The molecule has 1 aliphatic rings. The molecule has 3 amide bonds. The first-order valence-electron chi connectivity index (χ1n) is 6.26. The third-order valence-corrected chi connectivity index (χ3v) is 2.85. The first-order valence-corrected chi connectivity index (χ1v) is 6.26. The number of nitrogens with zero attached hydrogens (tertiary/aromatic N) is 4. The normalized spacial score (nSPS) is 12.4. The molecule has 1 aromatic carbocycles. The quantitative estimate of drug-likeness (QED) is 0.877. The van der Waals surface area contributed by atoms with Gasteiger partial charge in [0.15, 0.2) is 0 Å². The van der Waals surface area contributed by atoms with E-state index in [-0.39, 0.29) is 5.82 Å². The number of benzene rings is 1. The molecule has 2 aromatic rings. The third-order valence-electron chi connectivity index (χ3n) is 2.85. The number of urea groups is 1. The summed E-state index contributed by atoms with van der Waals surface area (Å²) in [6.45, 7) is 3.60. The summed E-state index contributed by atoms with van der Waals surface area (Å²) in [5, 5.41) is 3.62. The number of aryl methyl sites for hydroxylation is 2. The summed E-state index contributed by atoms with van der Waals surface area (Å²) in [6, 6.07) is 6.12. The number of aromatic nitrogens is 2. The van der Waals surface area contributed by atoms with E-state index in [9.17, 15) is 9.59 Å². The highest BCUT2D eigenvalue weighted by molar-refractivity contribution is 6.01. The molecule has 3 rings (SSSR count). The van der Waals surface area contributed by atoms with Crippen LogP contribution in [-0.4, -0.2) is 21.9 Å². The van der Waals surface area contributed by atoms with E-state index in [4.69, 9.17) is 0 Å². The summed E-state index contributed by atoms with van der Waals surface area (Å²) < 4.78 is 0. The highest BCUT2D eigenvalue weighted by atomic mass is 16.2. The predicted molar refractivity (Wildman–Crippen MR) is 73.6 cm³/mol. The second kappa shape index (κ2) is 4.86. The Bertz CT molecular complexity index is 868. The van der Waals surface area contributed by atoms with Crippen molar-refractivity contribution in [2.24, 2.45) is 9.98 Å². The van der Waals surface area contributed by atoms with Crippen molar-refractivity contribution in [2.75, 3.05) is 5.32 Å². The second-order valence-electron chi connectivity index (χ2n) is 4.64. The van der Waals surface area contributed by atoms with Crippen LogP contribution in [0.5, 0.6) is 0 Å². The lowest BCUT2D eigenvalue weighted by Gasteiger charge is -2.05. The van der Waals surface area contributed by atoms with Crippen LogP contribution in [0, 0.1) is 13.8 Å². The number of anilines is 1. The number of nitrogens with one attached hydrogen (secondary N) is 1. The number of hydrogen-bond acceptors (Lipinski definition) is 4. The largest absolute Gasteiger partial charge is 0.368 e. The van der Waals surface area contributed by atoms with Crippen LogP contribution < -0.4 is 16.0 Å². The zero-order chi connectivity index (χ0) is 15.0. The number of carbonyl (C=O) groups excluding carboxylic acids is 2. The maximum atomic E-state index is 12.1. The molecule has 21 heavy (non-hydrogen) atoms. The van der Waals surface area contributed by atoms with E-state index >= 15 is 0 Å². The first kappa shape index (κ1) is 13.0. The number of carbonyl (C=O) groups is 2. The molecule has 104 valence electrons. The van der Waals surface area contributed by atoms with E-state index in [1.807, 2.05) is 0 Å². The van der Waals surface area contributed by atoms with Gasteiger partial charge in [0.25, 0.3) is 5.91 Å². The van der Waals surface area contributed by atoms with Gasteiger partial charge in [0.1, 0.15) is 0 Å². The predicted octanol–water partition coefficient (Wildman–Crippen LogP) is 0.719. The minimum Gasteiger partial charge on any atom is -0.319 e. The van der Waals surface area contributed by atoms with Crippen molar-refractivity contribution in [3.63, 3.8) is 0 Å². The molecular weight excluding hydrogens is 270 g/mol. The number of fused-ring (bicyclic) bond motifs is 1. The Labute approximate surface area is 119 Å². The summed E-state index contributed by atoms with van der Waals surface area (Å²) in [7, 11) is 0. The molecule has 0 aliphatic carbocycles. The Kier molecular flexibility index (Phi) is 3.02. The topological polar surface area (TPSA) is 96.7 Å². The minimum absolute atomic E-state index is 0.103. The smallest absolute Gasteiger partial charge is 0.319 e. The molecule has 0 radical (unpaired) electrons. The van der Waals surface area contributed by atoms with Crippen LogP contribution in [0.4, 0.5) is 10.5 Å². The van der Waals surface area contributed by atoms with E-state index in [2.05, 4.69) is 25.3 Å². The Morgan fingerprint density at radius 2 is 1.67 bits per heavy atom. The Hall–Kier alpha value is -2.96. The lowest BCUT2D eigenvalue weighted by atomic mass is 10.3. The Balaban J connectivity index is 1.89. The van der Waals surface area contributed by atoms with Crippen LogP contribution in [0.15, 0.2) is 34.3 Å². The molecular formula is C14H11N5O2. The minimum atomic E-state index is -0.536. The van der Waals surface area contributed by atoms with E-state index < -0.39 is 11.9 Å². The molecule has 7 nitrogen and oxygen atoms in total. The monoisotopic (exact) mass is 281 g/mol. The lowest BCUT2D eigenvalue weighted by molar-refractivity contribution is 0.101. The van der Waals surface area contributed by atoms with Gasteiger partial charge in [-0.05, 0) is 38.1 Å². The number of hydrogen-bond donors (Lipinski definition) is 1. The van der Waals surface area contributed by atoms with Gasteiger partial charge in [-0.1, -0.05) is 0 Å². The van der Waals surface area contributed by atoms with Crippen molar-refractivity contribution in [3.8, 4) is 0 Å². The number of amides is 3. The molecule has 0 saturated carbocycles. The van der Waals surface area contributed by atoms with Crippen molar-refractivity contribution in [3.05, 3.63) is 52.2 Å². The fraction of sp³-hybridized carbons (Fsp3) is 0.143. The van der Waals surface area contributed by atoms with Gasteiger partial charge >= 0.3 is 6.03 Å². The van der Waals surface area contributed by atoms with Crippen LogP contribution in [0.2, 0.25) is 0 Å². The Morgan fingerprint density at radius 1 is 1.00 bits per heavy atom. The second-order valence-corrected chi connectivity index (χ2v) is 4.64. The molecule has 1 aromatic heterocycles. The number of rotatable bonds is 2. The van der Waals surface area contributed by atoms with Crippen LogP contribution in [0.1, 0.15) is 22.0 Å². The molecule has 0 saturated heterocycles. The van der Waals surface area contributed by atoms with Crippen molar-refractivity contribution in [1.29, 1.82) is 0 Å². The average Bonchev–Trinajstić information content (AvgIpc) is 2.77. The molecule has 2 heterocycles. The lowest BCUT2D eigenvalue weighted by Crippen LogP contribution is -2.23. The fourth-order valence-corrected chi connectivity index (χ4v) is 2.03. The molecule has 0 fully saturated rings. The molecule has 7 heteroatoms. The summed E-state index contributed by atoms with van der Waals surface area (Å²) >= 11 is 0. The summed E-state index contributed by atoms with van der Waals surface area (Å²) in [4.78, 5) is 38.8. The molecule has 1 N–H and O–H groups in total. The Morgan fingerprint density at radius 3 is 2.38 bits per heavy atom. The van der Waals surface area contributed by atoms with Crippen LogP contribution >= 0.6 is 0 Å². The van der Waals surface area contributed by atoms with E-state index in [1.54, 1.807) is 38.1 Å². The van der Waals surface area contributed by atoms with Crippen molar-refractivity contribution in [2.45, 2.75) is 13.8 Å². The van der Waals surface area contributed by atoms with Crippen molar-refractivity contribution in [1.82, 2.24) is 9.97 Å². The summed E-state index contributed by atoms with van der Waals surface area (Å²) in [5.41, 5.74) is 1.96. The maximum absolute atomic E-state index is 12.1. The SMILES string of the molecule is Cc1cc(C)nc(C(=O)Nc2ccc3c(c2)=NC(=O)N=3)n1. The van der Waals surface area contributed by atoms with Crippen molar-refractivity contribution >= 4 is 17.6 Å². The van der Waals surface area contributed by atoms with E-state index in [1.165, 1.54) is 0 Å². The van der Waals surface area contributed by atoms with Gasteiger partial charge in [0.2, 0.25) is 5.82 Å². The van der Waals surface area contributed by atoms with Crippen LogP contribution in [-0.2, 0) is 0 Å². The molecule has 0 atom stereocenters. The average molecular weight is 281 g/mol. The molecule has 0 spiro atoms. The van der Waals surface area contributed by atoms with E-state index in [0.717, 1.165) is 11.4 Å². The zero-order valence-electron chi connectivity index (χ0n) is 11.4. The fourth-order valence-electron chi connectivity index (χ4n) is 2.03. The summed E-state index contributed by atoms with van der Waals surface area (Å²) in [6.07, 6.45) is 0. The van der Waals surface area contributed by atoms with Gasteiger partial charge in [-0.15, -0.1) is 0 Å². The first-order chi connectivity index (χ1) is 10.0. The molecule has 0 bridgehead atoms. The molecule has 0 unspecified atom stereocenters. The van der Waals surface area contributed by atoms with Gasteiger partial charge in [-0.25, -0.2) is 14.8 Å². The highest BCUT2D eigenvalue weighted by Gasteiger charge is 2.12. The summed E-state index contributed by atoms with van der Waals surface area (Å²) in [5.74, 6) is -0.311. The van der Waals surface area contributed by atoms with Crippen molar-refractivity contribution < 1.29 is 9.59 Å². The van der Waals surface area contributed by atoms with Gasteiger partial charge in [0, 0.05) is 17.1 Å². The standard InChI is InChI=1S/C14H11N5O2/c1-7-5-8(2)16-12(15-7)13(20)17-9-3-4-10-11(6-9)19-14(21)18-10/h3-6H,1-2H3,(H,17,20). The molecule has 1 aliphatic heterocycles. The van der Waals surface area contributed by atoms with Gasteiger partial charge in [-0.2, -0.15) is 9.98 Å². The van der Waals surface area contributed by atoms with Gasteiger partial charge in [0.05, 0.1) is 10.7 Å². The van der Waals surface area contributed by atoms with Gasteiger partial charge < -0.3 is 5.32 Å². The zero-order valence-corrected chi connectivity index (χ0v) is 11.4. The third kappa shape index (κ3) is 2.66. The van der Waals surface area contributed by atoms with E-state index in [0.29, 0.717) is 16.4 Å². The van der Waals surface area contributed by atoms with Crippen LogP contribution in [0.3, 0.4) is 0 Å². The van der Waals surface area contributed by atoms with Crippen LogP contribution in [0.25, 0.3) is 0 Å².